The van der Waals surface area contributed by atoms with Crippen molar-refractivity contribution in [3.05, 3.63) is 60.9 Å². The summed E-state index contributed by atoms with van der Waals surface area (Å²) in [4.78, 5) is 15.4. The first-order valence-corrected chi connectivity index (χ1v) is 8.23. The molecule has 0 unspecified atom stereocenters. The Morgan fingerprint density at radius 1 is 1.20 bits per heavy atom. The van der Waals surface area contributed by atoms with Crippen LogP contribution in [0.1, 0.15) is 6.42 Å². The van der Waals surface area contributed by atoms with Crippen LogP contribution in [0.2, 0.25) is 0 Å². The topological polar surface area (TPSA) is 59.0 Å². The Hall–Kier alpha value is -3.21. The summed E-state index contributed by atoms with van der Waals surface area (Å²) in [5, 5.41) is 5.15. The molecule has 2 aromatic carbocycles. The molecule has 0 radical (unpaired) electrons. The third-order valence-corrected chi connectivity index (χ3v) is 4.41. The summed E-state index contributed by atoms with van der Waals surface area (Å²) in [6.45, 7) is 0.618. The number of carbonyl (C=O) groups is 1. The van der Waals surface area contributed by atoms with Crippen LogP contribution in [0, 0.1) is 0 Å². The molecule has 0 atom stereocenters. The average Bonchev–Trinajstić information content (AvgIpc) is 3.26. The Bertz CT molecular complexity index is 1050. The van der Waals surface area contributed by atoms with Crippen molar-refractivity contribution in [1.29, 1.82) is 0 Å². The van der Waals surface area contributed by atoms with Crippen LogP contribution in [0.4, 0.5) is 5.69 Å². The molecule has 0 saturated carbocycles. The van der Waals surface area contributed by atoms with Crippen LogP contribution >= 0.6 is 0 Å². The zero-order valence-corrected chi connectivity index (χ0v) is 14.0. The standard InChI is InChI=1S/C20H19N3O2/c1-25-19-4-2-3-18-16(19)8-11-23(18)12-9-20(24)22-15-6-5-14-7-10-21-17(14)13-15/h2-8,10-11,13,21H,9,12H2,1H3,(H,22,24). The summed E-state index contributed by atoms with van der Waals surface area (Å²) in [6.07, 6.45) is 4.29. The number of nitrogens with zero attached hydrogens (tertiary/aromatic N) is 1. The molecule has 0 bridgehead atoms. The second kappa shape index (κ2) is 6.36. The van der Waals surface area contributed by atoms with Crippen molar-refractivity contribution in [3.8, 4) is 5.75 Å². The van der Waals surface area contributed by atoms with E-state index in [1.165, 1.54) is 0 Å². The van der Waals surface area contributed by atoms with Crippen molar-refractivity contribution in [3.63, 3.8) is 0 Å². The van der Waals surface area contributed by atoms with Crippen LogP contribution in [0.5, 0.6) is 5.75 Å². The van der Waals surface area contributed by atoms with Gasteiger partial charge in [-0.05, 0) is 41.8 Å². The number of fused-ring (bicyclic) bond motifs is 2. The van der Waals surface area contributed by atoms with Gasteiger partial charge in [0, 0.05) is 41.9 Å². The fraction of sp³-hybridized carbons (Fsp3) is 0.150. The van der Waals surface area contributed by atoms with Crippen molar-refractivity contribution in [2.45, 2.75) is 13.0 Å². The number of H-pyrrole nitrogens is 1. The molecule has 5 nitrogen and oxygen atoms in total. The SMILES string of the molecule is COc1cccc2c1ccn2CCC(=O)Nc1ccc2cc[nH]c2c1. The van der Waals surface area contributed by atoms with Gasteiger partial charge in [0.1, 0.15) is 5.75 Å². The minimum Gasteiger partial charge on any atom is -0.496 e. The van der Waals surface area contributed by atoms with Crippen LogP contribution in [0.25, 0.3) is 21.8 Å². The normalized spacial score (nSPS) is 11.1. The minimum atomic E-state index is -0.00403. The fourth-order valence-corrected chi connectivity index (χ4v) is 3.14. The largest absolute Gasteiger partial charge is 0.496 e. The number of benzene rings is 2. The van der Waals surface area contributed by atoms with Gasteiger partial charge in [0.05, 0.1) is 12.6 Å². The van der Waals surface area contributed by atoms with Gasteiger partial charge in [0.25, 0.3) is 0 Å². The molecule has 0 fully saturated rings. The van der Waals surface area contributed by atoms with Crippen molar-refractivity contribution in [2.75, 3.05) is 12.4 Å². The molecule has 0 aliphatic carbocycles. The fourth-order valence-electron chi connectivity index (χ4n) is 3.14. The van der Waals surface area contributed by atoms with E-state index in [1.807, 2.05) is 60.9 Å². The van der Waals surface area contributed by atoms with Crippen LogP contribution in [0.3, 0.4) is 0 Å². The van der Waals surface area contributed by atoms with Crippen LogP contribution in [0.15, 0.2) is 60.9 Å². The summed E-state index contributed by atoms with van der Waals surface area (Å²) in [5.74, 6) is 0.843. The number of methoxy groups -OCH3 is 1. The highest BCUT2D eigenvalue weighted by molar-refractivity contribution is 5.93. The molecule has 0 saturated heterocycles. The van der Waals surface area contributed by atoms with E-state index in [9.17, 15) is 4.79 Å². The number of ether oxygens (including phenoxy) is 1. The monoisotopic (exact) mass is 333 g/mol. The first kappa shape index (κ1) is 15.3. The maximum absolute atomic E-state index is 12.3. The molecule has 4 rings (SSSR count). The number of aromatic nitrogens is 2. The van der Waals surface area contributed by atoms with E-state index < -0.39 is 0 Å². The minimum absolute atomic E-state index is 0.00403. The van der Waals surface area contributed by atoms with Gasteiger partial charge in [-0.2, -0.15) is 0 Å². The van der Waals surface area contributed by atoms with Crippen molar-refractivity contribution >= 4 is 33.4 Å². The summed E-state index contributed by atoms with van der Waals surface area (Å²) in [6, 6.07) is 15.8. The first-order chi connectivity index (χ1) is 12.2. The van der Waals surface area contributed by atoms with E-state index in [2.05, 4.69) is 14.9 Å². The molecule has 0 spiro atoms. The van der Waals surface area contributed by atoms with Gasteiger partial charge in [-0.3, -0.25) is 4.79 Å². The number of carbonyl (C=O) groups excluding carboxylic acids is 1. The number of anilines is 1. The lowest BCUT2D eigenvalue weighted by molar-refractivity contribution is -0.116. The summed E-state index contributed by atoms with van der Waals surface area (Å²) >= 11 is 0. The second-order valence-corrected chi connectivity index (χ2v) is 5.98. The summed E-state index contributed by atoms with van der Waals surface area (Å²) < 4.78 is 7.45. The molecule has 5 heteroatoms. The first-order valence-electron chi connectivity index (χ1n) is 8.23. The van der Waals surface area contributed by atoms with E-state index in [4.69, 9.17) is 4.74 Å². The molecule has 2 heterocycles. The quantitative estimate of drug-likeness (QED) is 0.576. The highest BCUT2D eigenvalue weighted by Gasteiger charge is 2.08. The molecule has 4 aromatic rings. The maximum Gasteiger partial charge on any atom is 0.226 e. The lowest BCUT2D eigenvalue weighted by Gasteiger charge is -2.08. The van der Waals surface area contributed by atoms with Crippen molar-refractivity contribution in [1.82, 2.24) is 9.55 Å². The molecule has 0 aliphatic rings. The van der Waals surface area contributed by atoms with E-state index in [-0.39, 0.29) is 5.91 Å². The summed E-state index contributed by atoms with van der Waals surface area (Å²) in [7, 11) is 1.67. The predicted molar refractivity (Wildman–Crippen MR) is 100 cm³/mol. The highest BCUT2D eigenvalue weighted by atomic mass is 16.5. The van der Waals surface area contributed by atoms with Gasteiger partial charge in [-0.25, -0.2) is 0 Å². The summed E-state index contributed by atoms with van der Waals surface area (Å²) in [5.41, 5.74) is 2.89. The Morgan fingerprint density at radius 2 is 2.12 bits per heavy atom. The molecule has 126 valence electrons. The third-order valence-electron chi connectivity index (χ3n) is 4.41. The van der Waals surface area contributed by atoms with Gasteiger partial charge in [0.15, 0.2) is 0 Å². The number of nitrogens with one attached hydrogen (secondary N) is 2. The van der Waals surface area contributed by atoms with Crippen LogP contribution in [-0.4, -0.2) is 22.6 Å². The van der Waals surface area contributed by atoms with Gasteiger partial charge < -0.3 is 19.6 Å². The van der Waals surface area contributed by atoms with Gasteiger partial charge >= 0.3 is 0 Å². The lowest BCUT2D eigenvalue weighted by atomic mass is 10.2. The van der Waals surface area contributed by atoms with E-state index in [1.54, 1.807) is 7.11 Å². The van der Waals surface area contributed by atoms with E-state index >= 15 is 0 Å². The Kier molecular flexibility index (Phi) is 3.90. The molecular formula is C20H19N3O2. The Balaban J connectivity index is 1.45. The average molecular weight is 333 g/mol. The maximum atomic E-state index is 12.3. The number of hydrogen-bond donors (Lipinski definition) is 2. The smallest absolute Gasteiger partial charge is 0.226 e. The third kappa shape index (κ3) is 2.96. The van der Waals surface area contributed by atoms with E-state index in [0.29, 0.717) is 13.0 Å². The second-order valence-electron chi connectivity index (χ2n) is 5.98. The van der Waals surface area contributed by atoms with Gasteiger partial charge in [-0.15, -0.1) is 0 Å². The molecule has 2 aromatic heterocycles. The number of hydrogen-bond acceptors (Lipinski definition) is 2. The lowest BCUT2D eigenvalue weighted by Crippen LogP contribution is -2.14. The number of amides is 1. The number of aromatic amines is 1. The number of rotatable bonds is 5. The molecule has 0 aliphatic heterocycles. The van der Waals surface area contributed by atoms with Crippen molar-refractivity contribution in [2.24, 2.45) is 0 Å². The van der Waals surface area contributed by atoms with Crippen LogP contribution in [-0.2, 0) is 11.3 Å². The van der Waals surface area contributed by atoms with Gasteiger partial charge in [-0.1, -0.05) is 12.1 Å². The van der Waals surface area contributed by atoms with Crippen LogP contribution < -0.4 is 10.1 Å². The molecule has 2 N–H and O–H groups in total. The Labute approximate surface area is 145 Å². The van der Waals surface area contributed by atoms with E-state index in [0.717, 1.165) is 33.2 Å². The molecule has 25 heavy (non-hydrogen) atoms. The highest BCUT2D eigenvalue weighted by Crippen LogP contribution is 2.26. The van der Waals surface area contributed by atoms with Crippen molar-refractivity contribution < 1.29 is 9.53 Å². The predicted octanol–water partition coefficient (Wildman–Crippen LogP) is 4.16. The zero-order chi connectivity index (χ0) is 17.2. The van der Waals surface area contributed by atoms with Gasteiger partial charge in [0.2, 0.25) is 5.91 Å². The Morgan fingerprint density at radius 3 is 3.00 bits per heavy atom. The molecule has 1 amide bonds. The number of aryl methyl sites for hydroxylation is 1. The zero-order valence-electron chi connectivity index (χ0n) is 14.0. The molecular weight excluding hydrogens is 314 g/mol.